The fourth-order valence-electron chi connectivity index (χ4n) is 2.30. The number of nitrogens with one attached hydrogen (secondary N) is 1. The number of benzene rings is 2. The maximum atomic E-state index is 14.3. The van der Waals surface area contributed by atoms with Crippen LogP contribution >= 0.6 is 24.0 Å². The van der Waals surface area contributed by atoms with Gasteiger partial charge in [0.15, 0.2) is 11.6 Å². The Morgan fingerprint density at radius 2 is 2.00 bits per heavy atom. The Labute approximate surface area is 172 Å². The summed E-state index contributed by atoms with van der Waals surface area (Å²) in [5.74, 6) is -0.958. The number of carbonyl (C=O) groups excluding carboxylic acids is 1. The van der Waals surface area contributed by atoms with Crippen molar-refractivity contribution in [3.63, 3.8) is 0 Å². The SMILES string of the molecule is CCCC(N)C(=O)NCc1ccc(Oc2ccc([N+](=O)[O-])cc2Cl)c(F)c1.Cl. The van der Waals surface area contributed by atoms with Crippen LogP contribution in [0.4, 0.5) is 10.1 Å². The average Bonchev–Trinajstić information content (AvgIpc) is 2.63. The Balaban J connectivity index is 0.00000392. The van der Waals surface area contributed by atoms with Gasteiger partial charge in [0.05, 0.1) is 16.0 Å². The standard InChI is InChI=1S/C18H19ClFN3O4.ClH/c1-2-3-15(21)18(24)22-10-11-4-6-17(14(20)8-11)27-16-7-5-12(23(25)26)9-13(16)19;/h4-9,15H,2-3,10,21H2,1H3,(H,22,24);1H. The lowest BCUT2D eigenvalue weighted by atomic mass is 10.1. The number of nitrogens with zero attached hydrogens (tertiary/aromatic N) is 1. The zero-order valence-electron chi connectivity index (χ0n) is 15.0. The van der Waals surface area contributed by atoms with E-state index in [1.54, 1.807) is 6.07 Å². The van der Waals surface area contributed by atoms with Crippen LogP contribution in [0.1, 0.15) is 25.3 Å². The van der Waals surface area contributed by atoms with Crippen molar-refractivity contribution < 1.29 is 18.8 Å². The van der Waals surface area contributed by atoms with Gasteiger partial charge in [0.25, 0.3) is 5.69 Å². The number of halogens is 3. The van der Waals surface area contributed by atoms with Gasteiger partial charge in [-0.25, -0.2) is 4.39 Å². The minimum Gasteiger partial charge on any atom is -0.453 e. The Bertz CT molecular complexity index is 852. The molecule has 1 amide bonds. The molecule has 0 bridgehead atoms. The second-order valence-corrected chi connectivity index (χ2v) is 6.26. The van der Waals surface area contributed by atoms with Crippen LogP contribution in [0, 0.1) is 15.9 Å². The zero-order chi connectivity index (χ0) is 20.0. The van der Waals surface area contributed by atoms with Crippen LogP contribution in [-0.4, -0.2) is 16.9 Å². The van der Waals surface area contributed by atoms with Crippen molar-refractivity contribution in [3.05, 3.63) is 62.9 Å². The van der Waals surface area contributed by atoms with Crippen molar-refractivity contribution in [2.24, 2.45) is 5.73 Å². The summed E-state index contributed by atoms with van der Waals surface area (Å²) in [4.78, 5) is 21.9. The minimum absolute atomic E-state index is 0. The predicted octanol–water partition coefficient (Wildman–Crippen LogP) is 4.35. The molecule has 1 atom stereocenters. The first-order valence-corrected chi connectivity index (χ1v) is 8.63. The number of nitrogens with two attached hydrogens (primary N) is 1. The molecule has 3 N–H and O–H groups in total. The first kappa shape index (κ1) is 23.6. The molecule has 0 spiro atoms. The highest BCUT2D eigenvalue weighted by atomic mass is 35.5. The number of carbonyl (C=O) groups is 1. The van der Waals surface area contributed by atoms with Crippen molar-refractivity contribution in [2.75, 3.05) is 0 Å². The fraction of sp³-hybridized carbons (Fsp3) is 0.278. The first-order valence-electron chi connectivity index (χ1n) is 8.25. The van der Waals surface area contributed by atoms with E-state index in [0.29, 0.717) is 12.0 Å². The molecule has 1 unspecified atom stereocenters. The van der Waals surface area contributed by atoms with Gasteiger partial charge in [-0.2, -0.15) is 0 Å². The summed E-state index contributed by atoms with van der Waals surface area (Å²) >= 11 is 5.94. The van der Waals surface area contributed by atoms with Crippen molar-refractivity contribution >= 4 is 35.6 Å². The van der Waals surface area contributed by atoms with E-state index in [-0.39, 0.29) is 47.1 Å². The molecule has 0 aliphatic carbocycles. The monoisotopic (exact) mass is 431 g/mol. The second kappa shape index (κ2) is 10.8. The highest BCUT2D eigenvalue weighted by Gasteiger charge is 2.14. The summed E-state index contributed by atoms with van der Waals surface area (Å²) in [6.07, 6.45) is 1.36. The van der Waals surface area contributed by atoms with E-state index in [2.05, 4.69) is 5.32 Å². The summed E-state index contributed by atoms with van der Waals surface area (Å²) < 4.78 is 19.7. The van der Waals surface area contributed by atoms with Gasteiger partial charge >= 0.3 is 0 Å². The van der Waals surface area contributed by atoms with Gasteiger partial charge in [0, 0.05) is 18.7 Å². The topological polar surface area (TPSA) is 107 Å². The van der Waals surface area contributed by atoms with E-state index in [1.807, 2.05) is 6.92 Å². The molecule has 0 saturated heterocycles. The van der Waals surface area contributed by atoms with Gasteiger partial charge in [-0.3, -0.25) is 14.9 Å². The summed E-state index contributed by atoms with van der Waals surface area (Å²) in [7, 11) is 0. The van der Waals surface area contributed by atoms with Gasteiger partial charge in [-0.05, 0) is 30.2 Å². The predicted molar refractivity (Wildman–Crippen MR) is 107 cm³/mol. The average molecular weight is 432 g/mol. The highest BCUT2D eigenvalue weighted by Crippen LogP contribution is 2.33. The quantitative estimate of drug-likeness (QED) is 0.477. The summed E-state index contributed by atoms with van der Waals surface area (Å²) in [6.45, 7) is 2.06. The number of nitro groups is 1. The highest BCUT2D eigenvalue weighted by molar-refractivity contribution is 6.32. The number of hydrogen-bond acceptors (Lipinski definition) is 5. The van der Waals surface area contributed by atoms with Gasteiger partial charge < -0.3 is 15.8 Å². The maximum Gasteiger partial charge on any atom is 0.271 e. The molecule has 2 aromatic carbocycles. The summed E-state index contributed by atoms with van der Waals surface area (Å²) in [6, 6.07) is 7.24. The lowest BCUT2D eigenvalue weighted by Crippen LogP contribution is -2.40. The molecule has 28 heavy (non-hydrogen) atoms. The molecule has 10 heteroatoms. The van der Waals surface area contributed by atoms with Gasteiger partial charge in [-0.15, -0.1) is 12.4 Å². The number of ether oxygens (including phenoxy) is 1. The molecule has 0 saturated carbocycles. The molecule has 0 aliphatic rings. The number of amides is 1. The van der Waals surface area contributed by atoms with Crippen molar-refractivity contribution in [3.8, 4) is 11.5 Å². The third kappa shape index (κ3) is 6.33. The number of nitro benzene ring substituents is 1. The second-order valence-electron chi connectivity index (χ2n) is 5.85. The third-order valence-electron chi connectivity index (χ3n) is 3.75. The lowest BCUT2D eigenvalue weighted by Gasteiger charge is -2.12. The van der Waals surface area contributed by atoms with E-state index >= 15 is 0 Å². The van der Waals surface area contributed by atoms with E-state index in [1.165, 1.54) is 24.3 Å². The van der Waals surface area contributed by atoms with Crippen LogP contribution in [0.5, 0.6) is 11.5 Å². The van der Waals surface area contributed by atoms with Gasteiger partial charge in [0.2, 0.25) is 5.91 Å². The van der Waals surface area contributed by atoms with E-state index in [4.69, 9.17) is 22.1 Å². The minimum atomic E-state index is -0.658. The molecule has 2 rings (SSSR count). The van der Waals surface area contributed by atoms with Gasteiger partial charge in [0.1, 0.15) is 5.75 Å². The lowest BCUT2D eigenvalue weighted by molar-refractivity contribution is -0.384. The molecule has 7 nitrogen and oxygen atoms in total. The van der Waals surface area contributed by atoms with Crippen molar-refractivity contribution in [2.45, 2.75) is 32.4 Å². The molecule has 0 heterocycles. The van der Waals surface area contributed by atoms with Crippen molar-refractivity contribution in [1.29, 1.82) is 0 Å². The molecule has 0 aliphatic heterocycles. The van der Waals surface area contributed by atoms with E-state index in [0.717, 1.165) is 12.5 Å². The molecular formula is C18H20Cl2FN3O4. The Morgan fingerprint density at radius 1 is 1.32 bits per heavy atom. The van der Waals surface area contributed by atoms with Crippen LogP contribution in [0.25, 0.3) is 0 Å². The van der Waals surface area contributed by atoms with E-state index in [9.17, 15) is 19.3 Å². The Kier molecular flexibility index (Phi) is 9.11. The molecule has 2 aromatic rings. The van der Waals surface area contributed by atoms with Gasteiger partial charge in [-0.1, -0.05) is 31.0 Å². The van der Waals surface area contributed by atoms with Crippen molar-refractivity contribution in [1.82, 2.24) is 5.32 Å². The number of rotatable bonds is 8. The number of non-ortho nitro benzene ring substituents is 1. The summed E-state index contributed by atoms with van der Waals surface area (Å²) in [5.41, 5.74) is 6.05. The molecule has 152 valence electrons. The van der Waals surface area contributed by atoms with Crippen LogP contribution < -0.4 is 15.8 Å². The Hall–Kier alpha value is -2.42. The summed E-state index contributed by atoms with van der Waals surface area (Å²) in [5, 5.41) is 13.4. The maximum absolute atomic E-state index is 14.3. The first-order chi connectivity index (χ1) is 12.8. The smallest absolute Gasteiger partial charge is 0.271 e. The third-order valence-corrected chi connectivity index (χ3v) is 4.04. The number of hydrogen-bond donors (Lipinski definition) is 2. The van der Waals surface area contributed by atoms with E-state index < -0.39 is 16.8 Å². The molecule has 0 radical (unpaired) electrons. The largest absolute Gasteiger partial charge is 0.453 e. The van der Waals surface area contributed by atoms with Crippen LogP contribution in [0.2, 0.25) is 5.02 Å². The molecular weight excluding hydrogens is 412 g/mol. The van der Waals surface area contributed by atoms with Crippen LogP contribution in [-0.2, 0) is 11.3 Å². The fourth-order valence-corrected chi connectivity index (χ4v) is 2.52. The van der Waals surface area contributed by atoms with Crippen LogP contribution in [0.3, 0.4) is 0 Å². The molecule has 0 aromatic heterocycles. The normalized spacial score (nSPS) is 11.3. The molecule has 0 fully saturated rings. The zero-order valence-corrected chi connectivity index (χ0v) is 16.6. The Morgan fingerprint density at radius 3 is 2.57 bits per heavy atom. The van der Waals surface area contributed by atoms with Crippen LogP contribution in [0.15, 0.2) is 36.4 Å².